The van der Waals surface area contributed by atoms with Crippen LogP contribution in [0.2, 0.25) is 0 Å². The van der Waals surface area contributed by atoms with E-state index in [0.717, 1.165) is 0 Å². The van der Waals surface area contributed by atoms with Gasteiger partial charge in [-0.1, -0.05) is 12.5 Å². The van der Waals surface area contributed by atoms with Crippen molar-refractivity contribution >= 4 is 11.8 Å². The van der Waals surface area contributed by atoms with E-state index in [9.17, 15) is 0 Å². The first-order valence-electron chi connectivity index (χ1n) is 6.16. The highest BCUT2D eigenvalue weighted by Gasteiger charge is 2.14. The van der Waals surface area contributed by atoms with Crippen LogP contribution in [0.15, 0.2) is 23.1 Å². The second-order valence-corrected chi connectivity index (χ2v) is 5.52. The van der Waals surface area contributed by atoms with E-state index in [1.54, 1.807) is 0 Å². The van der Waals surface area contributed by atoms with Crippen LogP contribution in [0.1, 0.15) is 30.4 Å². The van der Waals surface area contributed by atoms with Crippen LogP contribution in [-0.2, 0) is 6.42 Å². The third-order valence-electron chi connectivity index (χ3n) is 3.43. The van der Waals surface area contributed by atoms with Gasteiger partial charge in [-0.25, -0.2) is 0 Å². The minimum absolute atomic E-state index is 0.699. The van der Waals surface area contributed by atoms with Crippen molar-refractivity contribution in [2.24, 2.45) is 0 Å². The third-order valence-corrected chi connectivity index (χ3v) is 4.16. The zero-order chi connectivity index (χ0) is 11.4. The first-order valence-corrected chi connectivity index (χ1v) is 7.39. The Morgan fingerprint density at radius 2 is 2.25 bits per heavy atom. The molecule has 1 aliphatic heterocycles. The maximum atomic E-state index is 3.63. The molecule has 1 aromatic rings. The van der Waals surface area contributed by atoms with Crippen LogP contribution in [0, 0.1) is 6.92 Å². The Labute approximate surface area is 103 Å². The summed E-state index contributed by atoms with van der Waals surface area (Å²) >= 11 is 1.83. The normalized spacial score (nSPS) is 21.0. The van der Waals surface area contributed by atoms with Gasteiger partial charge in [0.25, 0.3) is 0 Å². The fourth-order valence-corrected chi connectivity index (χ4v) is 2.82. The van der Waals surface area contributed by atoms with Crippen molar-refractivity contribution in [1.82, 2.24) is 5.32 Å². The summed E-state index contributed by atoms with van der Waals surface area (Å²) in [6.45, 7) is 3.42. The Morgan fingerprint density at radius 3 is 2.94 bits per heavy atom. The highest BCUT2D eigenvalue weighted by Crippen LogP contribution is 2.21. The molecule has 88 valence electrons. The van der Waals surface area contributed by atoms with Gasteiger partial charge in [-0.2, -0.15) is 0 Å². The summed E-state index contributed by atoms with van der Waals surface area (Å²) in [6, 6.07) is 7.53. The zero-order valence-electron chi connectivity index (χ0n) is 10.3. The Bertz CT molecular complexity index is 343. The van der Waals surface area contributed by atoms with Crippen LogP contribution in [0.3, 0.4) is 0 Å². The standard InChI is InChI=1S/C14H21NS/c1-11-6-7-14(16-2)10-12(11)9-13-5-3-4-8-15-13/h6-7,10,13,15H,3-5,8-9H2,1-2H3. The molecule has 2 rings (SSSR count). The predicted octanol–water partition coefficient (Wildman–Crippen LogP) is 3.40. The molecule has 0 radical (unpaired) electrons. The molecule has 0 saturated carbocycles. The highest BCUT2D eigenvalue weighted by molar-refractivity contribution is 7.98. The predicted molar refractivity (Wildman–Crippen MR) is 72.3 cm³/mol. The average molecular weight is 235 g/mol. The molecular formula is C14H21NS. The lowest BCUT2D eigenvalue weighted by atomic mass is 9.95. The van der Waals surface area contributed by atoms with Gasteiger partial charge in [0, 0.05) is 10.9 Å². The number of benzene rings is 1. The fourth-order valence-electron chi connectivity index (χ4n) is 2.36. The number of piperidine rings is 1. The van der Waals surface area contributed by atoms with Gasteiger partial charge >= 0.3 is 0 Å². The summed E-state index contributed by atoms with van der Waals surface area (Å²) in [5.74, 6) is 0. The minimum atomic E-state index is 0.699. The molecular weight excluding hydrogens is 214 g/mol. The number of hydrogen-bond donors (Lipinski definition) is 1. The average Bonchev–Trinajstić information content (AvgIpc) is 2.33. The van der Waals surface area contributed by atoms with Crippen molar-refractivity contribution in [3.8, 4) is 0 Å². The quantitative estimate of drug-likeness (QED) is 0.806. The van der Waals surface area contributed by atoms with Crippen LogP contribution in [0.4, 0.5) is 0 Å². The molecule has 1 aromatic carbocycles. The molecule has 0 spiro atoms. The number of nitrogens with one attached hydrogen (secondary N) is 1. The van der Waals surface area contributed by atoms with Gasteiger partial charge in [-0.15, -0.1) is 11.8 Å². The lowest BCUT2D eigenvalue weighted by Crippen LogP contribution is -2.35. The SMILES string of the molecule is CSc1ccc(C)c(CC2CCCCN2)c1. The van der Waals surface area contributed by atoms with Gasteiger partial charge in [0.05, 0.1) is 0 Å². The van der Waals surface area contributed by atoms with Gasteiger partial charge in [0.15, 0.2) is 0 Å². The summed E-state index contributed by atoms with van der Waals surface area (Å²) < 4.78 is 0. The van der Waals surface area contributed by atoms with E-state index in [-0.39, 0.29) is 0 Å². The number of rotatable bonds is 3. The molecule has 0 aliphatic carbocycles. The van der Waals surface area contributed by atoms with E-state index in [1.807, 2.05) is 11.8 Å². The second kappa shape index (κ2) is 5.74. The van der Waals surface area contributed by atoms with E-state index in [4.69, 9.17) is 0 Å². The van der Waals surface area contributed by atoms with E-state index in [2.05, 4.69) is 36.7 Å². The summed E-state index contributed by atoms with van der Waals surface area (Å²) in [5, 5.41) is 3.63. The van der Waals surface area contributed by atoms with Gasteiger partial charge in [0.1, 0.15) is 0 Å². The summed E-state index contributed by atoms with van der Waals surface area (Å²) in [5.41, 5.74) is 2.96. The highest BCUT2D eigenvalue weighted by atomic mass is 32.2. The van der Waals surface area contributed by atoms with Crippen molar-refractivity contribution < 1.29 is 0 Å². The summed E-state index contributed by atoms with van der Waals surface area (Å²) in [7, 11) is 0. The largest absolute Gasteiger partial charge is 0.314 e. The van der Waals surface area contributed by atoms with E-state index in [1.165, 1.54) is 48.3 Å². The zero-order valence-corrected chi connectivity index (χ0v) is 11.1. The molecule has 1 unspecified atom stereocenters. The van der Waals surface area contributed by atoms with Crippen LogP contribution < -0.4 is 5.32 Å². The molecule has 0 amide bonds. The molecule has 1 nitrogen and oxygen atoms in total. The van der Waals surface area contributed by atoms with E-state index >= 15 is 0 Å². The van der Waals surface area contributed by atoms with Gasteiger partial charge in [0.2, 0.25) is 0 Å². The minimum Gasteiger partial charge on any atom is -0.314 e. The van der Waals surface area contributed by atoms with Crippen molar-refractivity contribution in [2.45, 2.75) is 43.5 Å². The number of hydrogen-bond acceptors (Lipinski definition) is 2. The molecule has 1 atom stereocenters. The maximum Gasteiger partial charge on any atom is 0.0108 e. The Balaban J connectivity index is 2.06. The number of thioether (sulfide) groups is 1. The van der Waals surface area contributed by atoms with E-state index < -0.39 is 0 Å². The summed E-state index contributed by atoms with van der Waals surface area (Å²) in [4.78, 5) is 1.39. The molecule has 0 aromatic heterocycles. The second-order valence-electron chi connectivity index (χ2n) is 4.64. The molecule has 1 heterocycles. The lowest BCUT2D eigenvalue weighted by Gasteiger charge is -2.24. The Hall–Kier alpha value is -0.470. The molecule has 1 N–H and O–H groups in total. The van der Waals surface area contributed by atoms with E-state index in [0.29, 0.717) is 6.04 Å². The Kier molecular flexibility index (Phi) is 4.30. The Morgan fingerprint density at radius 1 is 1.38 bits per heavy atom. The van der Waals surface area contributed by atoms with Crippen molar-refractivity contribution in [3.63, 3.8) is 0 Å². The van der Waals surface area contributed by atoms with Gasteiger partial charge in [-0.3, -0.25) is 0 Å². The lowest BCUT2D eigenvalue weighted by molar-refractivity contribution is 0.399. The third kappa shape index (κ3) is 3.02. The molecule has 2 heteroatoms. The fraction of sp³-hybridized carbons (Fsp3) is 0.571. The van der Waals surface area contributed by atoms with Crippen LogP contribution in [-0.4, -0.2) is 18.8 Å². The first kappa shape index (κ1) is 12.0. The maximum absolute atomic E-state index is 3.63. The summed E-state index contributed by atoms with van der Waals surface area (Å²) in [6.07, 6.45) is 7.41. The molecule has 1 saturated heterocycles. The van der Waals surface area contributed by atoms with Crippen LogP contribution in [0.5, 0.6) is 0 Å². The first-order chi connectivity index (χ1) is 7.79. The van der Waals surface area contributed by atoms with Gasteiger partial charge in [-0.05, 0) is 62.2 Å². The molecule has 1 aliphatic rings. The van der Waals surface area contributed by atoms with Crippen LogP contribution in [0.25, 0.3) is 0 Å². The molecule has 16 heavy (non-hydrogen) atoms. The van der Waals surface area contributed by atoms with Crippen molar-refractivity contribution in [3.05, 3.63) is 29.3 Å². The monoisotopic (exact) mass is 235 g/mol. The van der Waals surface area contributed by atoms with Crippen molar-refractivity contribution in [1.29, 1.82) is 0 Å². The van der Waals surface area contributed by atoms with Gasteiger partial charge < -0.3 is 5.32 Å². The topological polar surface area (TPSA) is 12.0 Å². The number of aryl methyl sites for hydroxylation is 1. The molecule has 0 bridgehead atoms. The molecule has 1 fully saturated rings. The smallest absolute Gasteiger partial charge is 0.0108 e. The van der Waals surface area contributed by atoms with Crippen LogP contribution >= 0.6 is 11.8 Å². The van der Waals surface area contributed by atoms with Crippen molar-refractivity contribution in [2.75, 3.05) is 12.8 Å².